The smallest absolute Gasteiger partial charge is 0.227 e. The number of nitrogens with one attached hydrogen (secondary N) is 2. The highest BCUT2D eigenvalue weighted by atomic mass is 16.5. The molecule has 2 aliphatic rings. The van der Waals surface area contributed by atoms with E-state index < -0.39 is 0 Å². The molecule has 3 heterocycles. The van der Waals surface area contributed by atoms with E-state index in [0.29, 0.717) is 44.2 Å². The summed E-state index contributed by atoms with van der Waals surface area (Å²) in [6, 6.07) is 7.65. The summed E-state index contributed by atoms with van der Waals surface area (Å²) >= 11 is 0. The Balaban J connectivity index is 1.47. The van der Waals surface area contributed by atoms with Crippen LogP contribution >= 0.6 is 0 Å². The zero-order valence-electron chi connectivity index (χ0n) is 17.6. The molecule has 2 atom stereocenters. The topological polar surface area (TPSA) is 100 Å². The number of carbonyl (C=O) groups excluding carboxylic acids is 2. The van der Waals surface area contributed by atoms with E-state index in [0.717, 1.165) is 24.0 Å². The first-order valence-electron chi connectivity index (χ1n) is 10.6. The van der Waals surface area contributed by atoms with Crippen LogP contribution in [0.15, 0.2) is 24.3 Å². The van der Waals surface area contributed by atoms with Crippen molar-refractivity contribution < 1.29 is 14.3 Å². The molecule has 2 fully saturated rings. The average Bonchev–Trinajstić information content (AvgIpc) is 3.36. The van der Waals surface area contributed by atoms with Crippen molar-refractivity contribution in [2.75, 3.05) is 19.8 Å². The maximum absolute atomic E-state index is 13.2. The summed E-state index contributed by atoms with van der Waals surface area (Å²) in [4.78, 5) is 32.1. The van der Waals surface area contributed by atoms with Gasteiger partial charge in [-0.1, -0.05) is 29.8 Å². The highest BCUT2D eigenvalue weighted by Gasteiger charge is 2.39. The number of ether oxygens (including phenoxy) is 1. The Kier molecular flexibility index (Phi) is 6.13. The van der Waals surface area contributed by atoms with Gasteiger partial charge in [-0.3, -0.25) is 14.7 Å². The lowest BCUT2D eigenvalue weighted by atomic mass is 9.99. The molecule has 0 unspecified atom stereocenters. The largest absolute Gasteiger partial charge is 0.381 e. The van der Waals surface area contributed by atoms with Crippen LogP contribution in [0.3, 0.4) is 0 Å². The number of H-pyrrole nitrogens is 1. The molecule has 2 N–H and O–H groups in total. The second-order valence-electron chi connectivity index (χ2n) is 8.33. The van der Waals surface area contributed by atoms with Crippen LogP contribution < -0.4 is 5.32 Å². The maximum Gasteiger partial charge on any atom is 0.227 e. The molecule has 0 aliphatic carbocycles. The molecule has 4 rings (SSSR count). The molecule has 2 saturated heterocycles. The first-order chi connectivity index (χ1) is 14.5. The van der Waals surface area contributed by atoms with Crippen molar-refractivity contribution in [1.29, 1.82) is 0 Å². The van der Waals surface area contributed by atoms with Crippen LogP contribution in [0.5, 0.6) is 0 Å². The van der Waals surface area contributed by atoms with Crippen LogP contribution in [0, 0.1) is 19.8 Å². The zero-order chi connectivity index (χ0) is 21.1. The van der Waals surface area contributed by atoms with Crippen LogP contribution in [0.4, 0.5) is 0 Å². The fraction of sp³-hybridized carbons (Fsp3) is 0.545. The molecule has 0 spiro atoms. The Morgan fingerprint density at radius 2 is 1.93 bits per heavy atom. The van der Waals surface area contributed by atoms with Gasteiger partial charge in [-0.2, -0.15) is 5.10 Å². The lowest BCUT2D eigenvalue weighted by Crippen LogP contribution is -2.42. The Labute approximate surface area is 176 Å². The molecule has 2 amide bonds. The highest BCUT2D eigenvalue weighted by Crippen LogP contribution is 2.31. The van der Waals surface area contributed by atoms with E-state index in [4.69, 9.17) is 4.74 Å². The van der Waals surface area contributed by atoms with Gasteiger partial charge in [0, 0.05) is 31.7 Å². The molecule has 8 nitrogen and oxygen atoms in total. The predicted molar refractivity (Wildman–Crippen MR) is 111 cm³/mol. The quantitative estimate of drug-likeness (QED) is 0.782. The molecule has 0 saturated carbocycles. The summed E-state index contributed by atoms with van der Waals surface area (Å²) < 4.78 is 5.36. The standard InChI is InChI=1S/C22H29N5O3/c1-14-3-5-16(6-4-14)11-20(28)27-13-18(12-19(27)21-23-15(2)25-26-21)24-22(29)17-7-9-30-10-8-17/h3-6,17-19H,7-13H2,1-2H3,(H,24,29)(H,23,25,26)/t18-,19-/m0/s1. The molecule has 160 valence electrons. The number of likely N-dealkylation sites (tertiary alicyclic amines) is 1. The summed E-state index contributed by atoms with van der Waals surface area (Å²) in [7, 11) is 0. The fourth-order valence-electron chi connectivity index (χ4n) is 4.23. The van der Waals surface area contributed by atoms with Gasteiger partial charge in [0.15, 0.2) is 5.82 Å². The predicted octanol–water partition coefficient (Wildman–Crippen LogP) is 1.85. The molecular weight excluding hydrogens is 382 g/mol. The first-order valence-corrected chi connectivity index (χ1v) is 10.6. The van der Waals surface area contributed by atoms with E-state index in [2.05, 4.69) is 20.5 Å². The van der Waals surface area contributed by atoms with Crippen molar-refractivity contribution in [1.82, 2.24) is 25.4 Å². The fourth-order valence-corrected chi connectivity index (χ4v) is 4.23. The highest BCUT2D eigenvalue weighted by molar-refractivity contribution is 5.81. The van der Waals surface area contributed by atoms with Crippen molar-refractivity contribution in [3.05, 3.63) is 47.0 Å². The van der Waals surface area contributed by atoms with Gasteiger partial charge < -0.3 is 15.0 Å². The van der Waals surface area contributed by atoms with Gasteiger partial charge >= 0.3 is 0 Å². The molecule has 8 heteroatoms. The van der Waals surface area contributed by atoms with Crippen molar-refractivity contribution in [3.63, 3.8) is 0 Å². The number of hydrogen-bond donors (Lipinski definition) is 2. The summed E-state index contributed by atoms with van der Waals surface area (Å²) in [5.74, 6) is 1.38. The number of carbonyl (C=O) groups is 2. The van der Waals surface area contributed by atoms with E-state index in [1.165, 1.54) is 0 Å². The molecule has 2 aromatic rings. The van der Waals surface area contributed by atoms with E-state index in [9.17, 15) is 9.59 Å². The van der Waals surface area contributed by atoms with Gasteiger partial charge in [0.2, 0.25) is 11.8 Å². The van der Waals surface area contributed by atoms with E-state index in [1.807, 2.05) is 43.0 Å². The number of aromatic nitrogens is 3. The number of nitrogens with zero attached hydrogens (tertiary/aromatic N) is 3. The third-order valence-electron chi connectivity index (χ3n) is 5.95. The molecule has 30 heavy (non-hydrogen) atoms. The molecule has 0 bridgehead atoms. The summed E-state index contributed by atoms with van der Waals surface area (Å²) in [6.07, 6.45) is 2.43. The second-order valence-corrected chi connectivity index (χ2v) is 8.33. The van der Waals surface area contributed by atoms with Gasteiger partial charge in [-0.25, -0.2) is 4.98 Å². The minimum Gasteiger partial charge on any atom is -0.381 e. The Bertz CT molecular complexity index is 888. The Morgan fingerprint density at radius 1 is 1.20 bits per heavy atom. The average molecular weight is 412 g/mol. The summed E-state index contributed by atoms with van der Waals surface area (Å²) in [5.41, 5.74) is 2.14. The van der Waals surface area contributed by atoms with Crippen molar-refractivity contribution in [2.24, 2.45) is 5.92 Å². The van der Waals surface area contributed by atoms with Crippen LogP contribution in [0.2, 0.25) is 0 Å². The number of hydrogen-bond acceptors (Lipinski definition) is 5. The van der Waals surface area contributed by atoms with Crippen molar-refractivity contribution >= 4 is 11.8 Å². The summed E-state index contributed by atoms with van der Waals surface area (Å²) in [5, 5.41) is 10.3. The van der Waals surface area contributed by atoms with Gasteiger partial charge in [-0.05, 0) is 38.7 Å². The third kappa shape index (κ3) is 4.70. The van der Waals surface area contributed by atoms with Crippen molar-refractivity contribution in [3.8, 4) is 0 Å². The Hall–Kier alpha value is -2.74. The SMILES string of the molecule is Cc1ccc(CC(=O)N2C[C@@H](NC(=O)C3CCOCC3)C[C@H]2c2n[nH]c(C)n2)cc1. The molecule has 2 aliphatic heterocycles. The van der Waals surface area contributed by atoms with Crippen molar-refractivity contribution in [2.45, 2.75) is 51.6 Å². The van der Waals surface area contributed by atoms with Crippen LogP contribution in [0.1, 0.15) is 48.1 Å². The maximum atomic E-state index is 13.2. The van der Waals surface area contributed by atoms with E-state index in [1.54, 1.807) is 0 Å². The van der Waals surface area contributed by atoms with Crippen LogP contribution in [0.25, 0.3) is 0 Å². The first kappa shape index (κ1) is 20.5. The van der Waals surface area contributed by atoms with E-state index in [-0.39, 0.29) is 29.8 Å². The number of rotatable bonds is 5. The molecule has 0 radical (unpaired) electrons. The van der Waals surface area contributed by atoms with Crippen LogP contribution in [-0.4, -0.2) is 57.7 Å². The number of benzene rings is 1. The van der Waals surface area contributed by atoms with Gasteiger partial charge in [0.05, 0.1) is 12.5 Å². The van der Waals surface area contributed by atoms with Gasteiger partial charge in [0.1, 0.15) is 5.82 Å². The van der Waals surface area contributed by atoms with Gasteiger partial charge in [-0.15, -0.1) is 0 Å². The normalized spacial score (nSPS) is 22.3. The Morgan fingerprint density at radius 3 is 2.60 bits per heavy atom. The number of amides is 2. The second kappa shape index (κ2) is 8.95. The summed E-state index contributed by atoms with van der Waals surface area (Å²) in [6.45, 7) is 5.59. The lowest BCUT2D eigenvalue weighted by molar-refractivity contribution is -0.132. The van der Waals surface area contributed by atoms with Crippen LogP contribution in [-0.2, 0) is 20.7 Å². The molecule has 1 aromatic carbocycles. The lowest BCUT2D eigenvalue weighted by Gasteiger charge is -2.24. The minimum atomic E-state index is -0.243. The van der Waals surface area contributed by atoms with E-state index >= 15 is 0 Å². The monoisotopic (exact) mass is 411 g/mol. The number of aromatic amines is 1. The third-order valence-corrected chi connectivity index (χ3v) is 5.95. The van der Waals surface area contributed by atoms with Gasteiger partial charge in [0.25, 0.3) is 0 Å². The molecule has 1 aromatic heterocycles. The zero-order valence-corrected chi connectivity index (χ0v) is 17.6. The number of aryl methyl sites for hydroxylation is 2. The minimum absolute atomic E-state index is 0.0136. The molecular formula is C22H29N5O3.